The van der Waals surface area contributed by atoms with Gasteiger partial charge in [-0.05, 0) is 109 Å². The number of hydrogen-bond acceptors (Lipinski definition) is 3. The summed E-state index contributed by atoms with van der Waals surface area (Å²) < 4.78 is 5.54. The van der Waals surface area contributed by atoms with Gasteiger partial charge in [0.15, 0.2) is 5.78 Å². The number of carbonyl (C=O) groups is 2. The summed E-state index contributed by atoms with van der Waals surface area (Å²) in [4.78, 5) is 24.3. The average Bonchev–Trinajstić information content (AvgIpc) is 3.57. The highest BCUT2D eigenvalue weighted by Crippen LogP contribution is 2.84. The summed E-state index contributed by atoms with van der Waals surface area (Å²) >= 11 is 0. The van der Waals surface area contributed by atoms with Gasteiger partial charge in [0.2, 0.25) is 0 Å². The summed E-state index contributed by atoms with van der Waals surface area (Å²) in [5.74, 6) is 6.22. The Balaban J connectivity index is 1.30. The number of fused-ring (bicyclic) bond motifs is 12. The normalized spacial score (nSPS) is 59.4. The van der Waals surface area contributed by atoms with Gasteiger partial charge in [0.25, 0.3) is 0 Å². The first-order chi connectivity index (χ1) is 13.9. The van der Waals surface area contributed by atoms with E-state index in [9.17, 15) is 9.59 Å². The second-order valence-corrected chi connectivity index (χ2v) is 12.3. The monoisotopic (exact) mass is 394 g/mol. The second-order valence-electron chi connectivity index (χ2n) is 12.3. The van der Waals surface area contributed by atoms with E-state index in [4.69, 9.17) is 4.74 Å². The Hall–Kier alpha value is -1.12. The molecule has 3 nitrogen and oxygen atoms in total. The molecule has 7 rings (SSSR count). The van der Waals surface area contributed by atoms with Gasteiger partial charge in [-0.2, -0.15) is 0 Å². The smallest absolute Gasteiger partial charge is 0.305 e. The zero-order valence-electron chi connectivity index (χ0n) is 17.9. The lowest BCUT2D eigenvalue weighted by Gasteiger charge is -2.61. The van der Waals surface area contributed by atoms with Crippen LogP contribution in [-0.4, -0.2) is 18.4 Å². The Morgan fingerprint density at radius 2 is 1.83 bits per heavy atom. The van der Waals surface area contributed by atoms with E-state index < -0.39 is 0 Å². The molecule has 7 aliphatic rings. The lowest BCUT2D eigenvalue weighted by Crippen LogP contribution is -2.55. The zero-order valence-corrected chi connectivity index (χ0v) is 17.9. The lowest BCUT2D eigenvalue weighted by molar-refractivity contribution is -0.142. The number of esters is 1. The lowest BCUT2D eigenvalue weighted by atomic mass is 9.43. The highest BCUT2D eigenvalue weighted by atomic mass is 16.5. The van der Waals surface area contributed by atoms with Crippen LogP contribution in [0.4, 0.5) is 0 Å². The molecule has 0 bridgehead atoms. The van der Waals surface area contributed by atoms with Crippen LogP contribution in [0.1, 0.15) is 71.6 Å². The molecular formula is C26H34O3. The number of rotatable bonds is 0. The molecule has 29 heavy (non-hydrogen) atoms. The maximum Gasteiger partial charge on any atom is 0.305 e. The number of carbonyl (C=O) groups excluding carboxylic acids is 2. The zero-order chi connectivity index (χ0) is 19.8. The van der Waals surface area contributed by atoms with E-state index in [0.29, 0.717) is 35.6 Å². The Kier molecular flexibility index (Phi) is 3.14. The van der Waals surface area contributed by atoms with Crippen LogP contribution < -0.4 is 0 Å². The summed E-state index contributed by atoms with van der Waals surface area (Å²) in [6, 6.07) is 0. The van der Waals surface area contributed by atoms with Crippen LogP contribution in [0.25, 0.3) is 0 Å². The van der Waals surface area contributed by atoms with Crippen LogP contribution in [0.2, 0.25) is 0 Å². The van der Waals surface area contributed by atoms with Gasteiger partial charge in [-0.25, -0.2) is 0 Å². The average molecular weight is 395 g/mol. The van der Waals surface area contributed by atoms with Crippen LogP contribution in [-0.2, 0) is 14.3 Å². The number of cyclic esters (lactones) is 1. The molecule has 6 fully saturated rings. The summed E-state index contributed by atoms with van der Waals surface area (Å²) in [6.45, 7) is 5.80. The van der Waals surface area contributed by atoms with E-state index in [1.165, 1.54) is 25.7 Å². The first kappa shape index (κ1) is 17.5. The fourth-order valence-corrected chi connectivity index (χ4v) is 10.5. The predicted octanol–water partition coefficient (Wildman–Crippen LogP) is 4.94. The van der Waals surface area contributed by atoms with Crippen LogP contribution in [0.5, 0.6) is 0 Å². The van der Waals surface area contributed by atoms with Gasteiger partial charge in [0, 0.05) is 12.8 Å². The maximum atomic E-state index is 12.2. The van der Waals surface area contributed by atoms with Crippen molar-refractivity contribution in [1.82, 2.24) is 0 Å². The topological polar surface area (TPSA) is 43.4 Å². The minimum Gasteiger partial charge on any atom is -0.466 e. The second kappa shape index (κ2) is 5.19. The van der Waals surface area contributed by atoms with Crippen LogP contribution in [0.15, 0.2) is 11.6 Å². The van der Waals surface area contributed by atoms with E-state index >= 15 is 0 Å². The van der Waals surface area contributed by atoms with Crippen molar-refractivity contribution in [3.8, 4) is 0 Å². The van der Waals surface area contributed by atoms with Gasteiger partial charge < -0.3 is 4.74 Å². The molecule has 3 heteroatoms. The molecule has 0 aromatic heterocycles. The molecule has 5 saturated carbocycles. The molecule has 0 aromatic carbocycles. The number of ether oxygens (including phenoxy) is 1. The van der Waals surface area contributed by atoms with Crippen molar-refractivity contribution in [2.75, 3.05) is 6.61 Å². The molecule has 156 valence electrons. The largest absolute Gasteiger partial charge is 0.466 e. The van der Waals surface area contributed by atoms with Crippen molar-refractivity contribution >= 4 is 11.8 Å². The van der Waals surface area contributed by atoms with Crippen LogP contribution >= 0.6 is 0 Å². The summed E-state index contributed by atoms with van der Waals surface area (Å²) in [7, 11) is 0. The third-order valence-electron chi connectivity index (χ3n) is 11.7. The number of ketones is 1. The van der Waals surface area contributed by atoms with Crippen molar-refractivity contribution in [1.29, 1.82) is 0 Å². The Morgan fingerprint density at radius 3 is 2.69 bits per heavy atom. The van der Waals surface area contributed by atoms with E-state index in [0.717, 1.165) is 61.2 Å². The van der Waals surface area contributed by atoms with Crippen LogP contribution in [0.3, 0.4) is 0 Å². The molecular weight excluding hydrogens is 360 g/mol. The van der Waals surface area contributed by atoms with Crippen molar-refractivity contribution in [2.24, 2.45) is 57.7 Å². The standard InChI is InChI=1S/C26H34O3/c1-24-6-3-14(27)11-19(24)15-12-16(15)22-18(24)4-7-25(2)23(22)17-13-20(17)26(25)8-5-21(28)29-10-9-26/h11,15-18,20,22-23H,3-10,12-13H2,1-2H3. The molecule has 10 unspecified atom stereocenters. The molecule has 0 amide bonds. The van der Waals surface area contributed by atoms with Crippen molar-refractivity contribution < 1.29 is 14.3 Å². The highest BCUT2D eigenvalue weighted by molar-refractivity contribution is 5.92. The molecule has 10 atom stereocenters. The van der Waals surface area contributed by atoms with E-state index in [2.05, 4.69) is 19.9 Å². The highest BCUT2D eigenvalue weighted by Gasteiger charge is 2.78. The van der Waals surface area contributed by atoms with Gasteiger partial charge in [-0.15, -0.1) is 0 Å². The first-order valence-electron chi connectivity index (χ1n) is 12.3. The fourth-order valence-electron chi connectivity index (χ4n) is 10.5. The van der Waals surface area contributed by atoms with E-state index in [-0.39, 0.29) is 11.4 Å². The van der Waals surface area contributed by atoms with Crippen molar-refractivity contribution in [3.05, 3.63) is 11.6 Å². The van der Waals surface area contributed by atoms with Gasteiger partial charge in [0.1, 0.15) is 0 Å². The molecule has 6 aliphatic carbocycles. The van der Waals surface area contributed by atoms with E-state index in [1.54, 1.807) is 5.57 Å². The summed E-state index contributed by atoms with van der Waals surface area (Å²) in [5.41, 5.74) is 2.58. The Bertz CT molecular complexity index is 858. The molecule has 1 aliphatic heterocycles. The SMILES string of the molecule is CC12CCC(=O)C=C1C1CC1C1C2CCC2(C)C1C1CC1C21CCOC(=O)CC1. The third kappa shape index (κ3) is 1.93. The van der Waals surface area contributed by atoms with Gasteiger partial charge >= 0.3 is 5.97 Å². The molecule has 0 N–H and O–H groups in total. The molecule has 1 heterocycles. The Morgan fingerprint density at radius 1 is 0.966 bits per heavy atom. The van der Waals surface area contributed by atoms with Crippen molar-refractivity contribution in [2.45, 2.75) is 71.6 Å². The minimum absolute atomic E-state index is 0.0360. The molecule has 0 radical (unpaired) electrons. The third-order valence-corrected chi connectivity index (χ3v) is 11.7. The molecule has 1 saturated heterocycles. The van der Waals surface area contributed by atoms with Gasteiger partial charge in [-0.3, -0.25) is 9.59 Å². The minimum atomic E-state index is 0.0360. The predicted molar refractivity (Wildman–Crippen MR) is 109 cm³/mol. The number of hydrogen-bond donors (Lipinski definition) is 0. The fraction of sp³-hybridized carbons (Fsp3) is 0.846. The van der Waals surface area contributed by atoms with E-state index in [1.807, 2.05) is 0 Å². The quantitative estimate of drug-likeness (QED) is 0.546. The van der Waals surface area contributed by atoms with Gasteiger partial charge in [-0.1, -0.05) is 19.4 Å². The van der Waals surface area contributed by atoms with Crippen molar-refractivity contribution in [3.63, 3.8) is 0 Å². The maximum absolute atomic E-state index is 12.2. The van der Waals surface area contributed by atoms with Crippen LogP contribution in [0, 0.1) is 57.7 Å². The summed E-state index contributed by atoms with van der Waals surface area (Å²) in [6.07, 6.45) is 12.2. The Labute approximate surface area is 174 Å². The molecule has 0 aromatic rings. The number of allylic oxidation sites excluding steroid dienone is 1. The van der Waals surface area contributed by atoms with Gasteiger partial charge in [0.05, 0.1) is 6.61 Å². The molecule has 1 spiro atoms. The summed E-state index contributed by atoms with van der Waals surface area (Å²) in [5, 5.41) is 0. The first-order valence-corrected chi connectivity index (χ1v) is 12.3.